The minimum absolute atomic E-state index is 0.0293. The van der Waals surface area contributed by atoms with Crippen molar-refractivity contribution >= 4 is 11.6 Å². The second-order valence-corrected chi connectivity index (χ2v) is 7.95. The van der Waals surface area contributed by atoms with E-state index in [0.29, 0.717) is 19.3 Å². The molecular formula is C20H26F4N2O4. The van der Waals surface area contributed by atoms with Gasteiger partial charge in [-0.2, -0.15) is 13.2 Å². The van der Waals surface area contributed by atoms with E-state index in [1.54, 1.807) is 0 Å². The third-order valence-corrected chi connectivity index (χ3v) is 5.94. The summed E-state index contributed by atoms with van der Waals surface area (Å²) >= 11 is 0. The summed E-state index contributed by atoms with van der Waals surface area (Å²) < 4.78 is 65.4. The van der Waals surface area contributed by atoms with E-state index in [9.17, 15) is 27.2 Å². The average Bonchev–Trinajstić information content (AvgIpc) is 2.67. The SMILES string of the molecule is COC1C(F)CCCC1OC1CCC(C(F)(F)F)CC1C(=O)Nc1cc[nH]c(=O)c1. The summed E-state index contributed by atoms with van der Waals surface area (Å²) in [6.45, 7) is 0. The van der Waals surface area contributed by atoms with Gasteiger partial charge in [0.25, 0.3) is 0 Å². The van der Waals surface area contributed by atoms with Gasteiger partial charge >= 0.3 is 6.18 Å². The number of amides is 1. The fourth-order valence-electron chi connectivity index (χ4n) is 4.38. The Hall–Kier alpha value is -1.94. The molecule has 1 heterocycles. The Morgan fingerprint density at radius 1 is 1.20 bits per heavy atom. The molecule has 6 nitrogen and oxygen atoms in total. The molecule has 1 aromatic rings. The zero-order chi connectivity index (χ0) is 21.9. The molecule has 168 valence electrons. The van der Waals surface area contributed by atoms with Crippen LogP contribution in [0.5, 0.6) is 0 Å². The van der Waals surface area contributed by atoms with Crippen molar-refractivity contribution in [3.8, 4) is 0 Å². The van der Waals surface area contributed by atoms with Crippen molar-refractivity contribution < 1.29 is 31.8 Å². The number of halogens is 4. The molecule has 1 amide bonds. The van der Waals surface area contributed by atoms with Crippen LogP contribution in [-0.4, -0.2) is 48.7 Å². The maximum absolute atomic E-state index is 14.2. The molecule has 2 aliphatic carbocycles. The summed E-state index contributed by atoms with van der Waals surface area (Å²) in [7, 11) is 1.37. The second-order valence-electron chi connectivity index (χ2n) is 7.95. The van der Waals surface area contributed by atoms with E-state index in [4.69, 9.17) is 9.47 Å². The van der Waals surface area contributed by atoms with Gasteiger partial charge in [0.1, 0.15) is 12.3 Å². The highest BCUT2D eigenvalue weighted by molar-refractivity contribution is 5.92. The average molecular weight is 434 g/mol. The highest BCUT2D eigenvalue weighted by atomic mass is 19.4. The maximum atomic E-state index is 14.2. The van der Waals surface area contributed by atoms with Crippen molar-refractivity contribution in [3.05, 3.63) is 28.7 Å². The zero-order valence-corrected chi connectivity index (χ0v) is 16.6. The number of pyridine rings is 1. The highest BCUT2D eigenvalue weighted by Gasteiger charge is 2.48. The number of hydrogen-bond acceptors (Lipinski definition) is 4. The van der Waals surface area contributed by atoms with E-state index in [0.717, 1.165) is 6.07 Å². The smallest absolute Gasteiger partial charge is 0.376 e. The van der Waals surface area contributed by atoms with Gasteiger partial charge in [0.15, 0.2) is 0 Å². The van der Waals surface area contributed by atoms with Crippen LogP contribution in [0, 0.1) is 11.8 Å². The standard InChI is InChI=1S/C20H26F4N2O4/c1-29-18-14(21)3-2-4-16(18)30-15-6-5-11(20(22,23)24)9-13(15)19(28)26-12-7-8-25-17(27)10-12/h7-8,10-11,13-16,18H,2-6,9H2,1H3,(H2,25,26,27,28). The van der Waals surface area contributed by atoms with E-state index in [1.165, 1.54) is 19.4 Å². The van der Waals surface area contributed by atoms with Crippen molar-refractivity contribution in [1.82, 2.24) is 4.98 Å². The molecule has 0 radical (unpaired) electrons. The van der Waals surface area contributed by atoms with Gasteiger partial charge in [0.2, 0.25) is 11.5 Å². The van der Waals surface area contributed by atoms with Gasteiger partial charge in [-0.1, -0.05) is 0 Å². The van der Waals surface area contributed by atoms with E-state index < -0.39 is 60.4 Å². The highest BCUT2D eigenvalue weighted by Crippen LogP contribution is 2.42. The van der Waals surface area contributed by atoms with Crippen LogP contribution in [-0.2, 0) is 14.3 Å². The first-order chi connectivity index (χ1) is 14.2. The lowest BCUT2D eigenvalue weighted by atomic mass is 9.78. The predicted octanol–water partition coefficient (Wildman–Crippen LogP) is 3.58. The van der Waals surface area contributed by atoms with Gasteiger partial charge in [-0.3, -0.25) is 9.59 Å². The van der Waals surface area contributed by atoms with Crippen LogP contribution >= 0.6 is 0 Å². The van der Waals surface area contributed by atoms with Crippen LogP contribution in [0.2, 0.25) is 0 Å². The first-order valence-electron chi connectivity index (χ1n) is 10.1. The molecule has 0 spiro atoms. The van der Waals surface area contributed by atoms with Crippen LogP contribution in [0.1, 0.15) is 38.5 Å². The molecule has 10 heteroatoms. The number of methoxy groups -OCH3 is 1. The maximum Gasteiger partial charge on any atom is 0.391 e. The summed E-state index contributed by atoms with van der Waals surface area (Å²) in [6.07, 6.45) is -5.66. The molecule has 2 aliphatic rings. The molecule has 0 bridgehead atoms. The van der Waals surface area contributed by atoms with Crippen molar-refractivity contribution in [2.75, 3.05) is 12.4 Å². The molecule has 6 atom stereocenters. The molecule has 2 fully saturated rings. The molecule has 6 unspecified atom stereocenters. The number of carbonyl (C=O) groups is 1. The Morgan fingerprint density at radius 2 is 1.97 bits per heavy atom. The van der Waals surface area contributed by atoms with Crippen molar-refractivity contribution in [3.63, 3.8) is 0 Å². The van der Waals surface area contributed by atoms with E-state index >= 15 is 0 Å². The number of rotatable bonds is 5. The molecule has 2 N–H and O–H groups in total. The molecular weight excluding hydrogens is 408 g/mol. The number of aromatic amines is 1. The Morgan fingerprint density at radius 3 is 2.63 bits per heavy atom. The van der Waals surface area contributed by atoms with Crippen molar-refractivity contribution in [2.45, 2.75) is 69.2 Å². The summed E-state index contributed by atoms with van der Waals surface area (Å²) in [5.41, 5.74) is -0.260. The lowest BCUT2D eigenvalue weighted by Crippen LogP contribution is -2.49. The number of hydrogen-bond donors (Lipinski definition) is 2. The quantitative estimate of drug-likeness (QED) is 0.695. The van der Waals surface area contributed by atoms with Crippen LogP contribution < -0.4 is 10.9 Å². The van der Waals surface area contributed by atoms with Crippen LogP contribution in [0.4, 0.5) is 23.2 Å². The number of ether oxygens (including phenoxy) is 2. The normalized spacial score (nSPS) is 32.6. The van der Waals surface area contributed by atoms with Gasteiger partial charge in [-0.25, -0.2) is 4.39 Å². The molecule has 3 rings (SSSR count). The number of H-pyrrole nitrogens is 1. The fraction of sp³-hybridized carbons (Fsp3) is 0.700. The number of carbonyl (C=O) groups excluding carboxylic acids is 1. The zero-order valence-electron chi connectivity index (χ0n) is 16.6. The van der Waals surface area contributed by atoms with Gasteiger partial charge < -0.3 is 19.8 Å². The van der Waals surface area contributed by atoms with E-state index in [2.05, 4.69) is 10.3 Å². The summed E-state index contributed by atoms with van der Waals surface area (Å²) in [5.74, 6) is -3.35. The van der Waals surface area contributed by atoms with Gasteiger partial charge in [-0.15, -0.1) is 0 Å². The lowest BCUT2D eigenvalue weighted by molar-refractivity contribution is -0.204. The lowest BCUT2D eigenvalue weighted by Gasteiger charge is -2.40. The topological polar surface area (TPSA) is 80.4 Å². The second kappa shape index (κ2) is 9.47. The first-order valence-corrected chi connectivity index (χ1v) is 10.1. The number of nitrogens with one attached hydrogen (secondary N) is 2. The first kappa shape index (κ1) is 22.7. The minimum Gasteiger partial charge on any atom is -0.376 e. The number of anilines is 1. The summed E-state index contributed by atoms with van der Waals surface area (Å²) in [5, 5.41) is 2.51. The Balaban J connectivity index is 1.77. The van der Waals surface area contributed by atoms with Gasteiger partial charge in [0, 0.05) is 25.1 Å². The largest absolute Gasteiger partial charge is 0.391 e. The third kappa shape index (κ3) is 5.40. The van der Waals surface area contributed by atoms with Gasteiger partial charge in [0.05, 0.1) is 24.0 Å². The monoisotopic (exact) mass is 434 g/mol. The van der Waals surface area contributed by atoms with Crippen LogP contribution in [0.3, 0.4) is 0 Å². The number of aromatic nitrogens is 1. The Bertz CT molecular complexity index is 785. The minimum atomic E-state index is -4.42. The van der Waals surface area contributed by atoms with Crippen LogP contribution in [0.25, 0.3) is 0 Å². The van der Waals surface area contributed by atoms with Gasteiger partial charge in [-0.05, 0) is 44.6 Å². The Kier molecular flexibility index (Phi) is 7.18. The summed E-state index contributed by atoms with van der Waals surface area (Å²) in [4.78, 5) is 26.7. The van der Waals surface area contributed by atoms with E-state index in [1.807, 2.05) is 0 Å². The Labute approximate surface area is 171 Å². The molecule has 2 saturated carbocycles. The van der Waals surface area contributed by atoms with Crippen LogP contribution in [0.15, 0.2) is 23.1 Å². The van der Waals surface area contributed by atoms with E-state index in [-0.39, 0.29) is 18.5 Å². The molecule has 0 saturated heterocycles. The molecule has 0 aliphatic heterocycles. The fourth-order valence-corrected chi connectivity index (χ4v) is 4.38. The third-order valence-electron chi connectivity index (χ3n) is 5.94. The molecule has 0 aromatic carbocycles. The molecule has 30 heavy (non-hydrogen) atoms. The van der Waals surface area contributed by atoms with Crippen molar-refractivity contribution in [2.24, 2.45) is 11.8 Å². The predicted molar refractivity (Wildman–Crippen MR) is 101 cm³/mol. The molecule has 1 aromatic heterocycles. The summed E-state index contributed by atoms with van der Waals surface area (Å²) in [6, 6.07) is 2.59. The number of alkyl halides is 4. The van der Waals surface area contributed by atoms with Crippen molar-refractivity contribution in [1.29, 1.82) is 0 Å².